The molecular formula is C19H21N3O3. The molecular weight excluding hydrogens is 318 g/mol. The molecule has 25 heavy (non-hydrogen) atoms. The standard InChI is InChI=1S/C19H21N3O3/c1-2-24-12-15-14-5-3-4-6-16(14)25-18(15)19(23)21-13-7-8-17-20-9-10-22(17)11-13/h3-6,9-10,13H,2,7-8,11-12H2,1H3,(H,21,23)/t13-/m0/s1. The molecule has 0 saturated heterocycles. The smallest absolute Gasteiger partial charge is 0.287 e. The van der Waals surface area contributed by atoms with Crippen LogP contribution in [-0.2, 0) is 24.3 Å². The molecule has 130 valence electrons. The number of hydrogen-bond donors (Lipinski definition) is 1. The first kappa shape index (κ1) is 15.9. The molecule has 2 aromatic heterocycles. The molecule has 0 bridgehead atoms. The van der Waals surface area contributed by atoms with Gasteiger partial charge < -0.3 is 19.0 Å². The topological polar surface area (TPSA) is 69.3 Å². The summed E-state index contributed by atoms with van der Waals surface area (Å²) >= 11 is 0. The molecule has 1 aromatic carbocycles. The van der Waals surface area contributed by atoms with E-state index in [4.69, 9.17) is 9.15 Å². The molecule has 4 rings (SSSR count). The number of benzene rings is 1. The first-order valence-corrected chi connectivity index (χ1v) is 8.65. The summed E-state index contributed by atoms with van der Waals surface area (Å²) in [6.07, 6.45) is 5.50. The molecule has 1 amide bonds. The van der Waals surface area contributed by atoms with Crippen LogP contribution in [0.5, 0.6) is 0 Å². The molecule has 1 aliphatic rings. The number of ether oxygens (including phenoxy) is 1. The first-order chi connectivity index (χ1) is 12.3. The van der Waals surface area contributed by atoms with Gasteiger partial charge in [-0.2, -0.15) is 0 Å². The van der Waals surface area contributed by atoms with Crippen LogP contribution in [0.4, 0.5) is 0 Å². The number of aromatic nitrogens is 2. The van der Waals surface area contributed by atoms with Gasteiger partial charge in [-0.15, -0.1) is 0 Å². The normalized spacial score (nSPS) is 16.8. The van der Waals surface area contributed by atoms with Crippen LogP contribution in [0.2, 0.25) is 0 Å². The van der Waals surface area contributed by atoms with Crippen LogP contribution >= 0.6 is 0 Å². The molecule has 0 fully saturated rings. The second kappa shape index (κ2) is 6.72. The number of nitrogens with zero attached hydrogens (tertiary/aromatic N) is 2. The van der Waals surface area contributed by atoms with E-state index in [2.05, 4.69) is 14.9 Å². The summed E-state index contributed by atoms with van der Waals surface area (Å²) < 4.78 is 13.5. The highest BCUT2D eigenvalue weighted by molar-refractivity contribution is 5.99. The summed E-state index contributed by atoms with van der Waals surface area (Å²) in [5.41, 5.74) is 1.52. The van der Waals surface area contributed by atoms with Gasteiger partial charge in [0.05, 0.1) is 6.61 Å². The van der Waals surface area contributed by atoms with Crippen LogP contribution in [0.1, 0.15) is 35.3 Å². The Morgan fingerprint density at radius 1 is 1.44 bits per heavy atom. The highest BCUT2D eigenvalue weighted by atomic mass is 16.5. The van der Waals surface area contributed by atoms with Crippen molar-refractivity contribution in [3.05, 3.63) is 53.8 Å². The van der Waals surface area contributed by atoms with Gasteiger partial charge in [0.25, 0.3) is 5.91 Å². The van der Waals surface area contributed by atoms with E-state index >= 15 is 0 Å². The lowest BCUT2D eigenvalue weighted by molar-refractivity contribution is 0.0889. The highest BCUT2D eigenvalue weighted by Gasteiger charge is 2.25. The van der Waals surface area contributed by atoms with Crippen LogP contribution in [0.3, 0.4) is 0 Å². The van der Waals surface area contributed by atoms with Gasteiger partial charge in [-0.05, 0) is 19.4 Å². The molecule has 1 atom stereocenters. The van der Waals surface area contributed by atoms with Gasteiger partial charge >= 0.3 is 0 Å². The summed E-state index contributed by atoms with van der Waals surface area (Å²) in [5.74, 6) is 1.25. The van der Waals surface area contributed by atoms with E-state index in [9.17, 15) is 4.79 Å². The van der Waals surface area contributed by atoms with Crippen LogP contribution < -0.4 is 5.32 Å². The summed E-state index contributed by atoms with van der Waals surface area (Å²) in [4.78, 5) is 17.2. The maximum Gasteiger partial charge on any atom is 0.287 e. The molecule has 0 spiro atoms. The van der Waals surface area contributed by atoms with Gasteiger partial charge in [0.15, 0.2) is 5.76 Å². The third-order valence-electron chi connectivity index (χ3n) is 4.63. The Balaban J connectivity index is 1.57. The number of amides is 1. The third-order valence-corrected chi connectivity index (χ3v) is 4.63. The second-order valence-corrected chi connectivity index (χ2v) is 6.25. The Labute approximate surface area is 145 Å². The molecule has 6 heteroatoms. The lowest BCUT2D eigenvalue weighted by Gasteiger charge is -2.24. The lowest BCUT2D eigenvalue weighted by atomic mass is 10.1. The van der Waals surface area contributed by atoms with Crippen molar-refractivity contribution in [2.75, 3.05) is 6.61 Å². The fourth-order valence-electron chi connectivity index (χ4n) is 3.36. The number of imidazole rings is 1. The van der Waals surface area contributed by atoms with Crippen LogP contribution in [0, 0.1) is 0 Å². The van der Waals surface area contributed by atoms with Crippen molar-refractivity contribution in [1.82, 2.24) is 14.9 Å². The molecule has 1 aliphatic heterocycles. The molecule has 0 radical (unpaired) electrons. The quantitative estimate of drug-likeness (QED) is 0.776. The SMILES string of the molecule is CCOCc1c(C(=O)N[C@H]2CCc3nccn3C2)oc2ccccc12. The fourth-order valence-corrected chi connectivity index (χ4v) is 3.36. The molecule has 0 saturated carbocycles. The molecule has 0 unspecified atom stereocenters. The summed E-state index contributed by atoms with van der Waals surface area (Å²) in [6, 6.07) is 7.75. The number of carbonyl (C=O) groups is 1. The minimum Gasteiger partial charge on any atom is -0.451 e. The lowest BCUT2D eigenvalue weighted by Crippen LogP contribution is -2.41. The molecule has 1 N–H and O–H groups in total. The summed E-state index contributed by atoms with van der Waals surface area (Å²) in [5, 5.41) is 4.04. The van der Waals surface area contributed by atoms with Gasteiger partial charge in [-0.3, -0.25) is 4.79 Å². The number of hydrogen-bond acceptors (Lipinski definition) is 4. The minimum absolute atomic E-state index is 0.0716. The fraction of sp³-hybridized carbons (Fsp3) is 0.368. The zero-order chi connectivity index (χ0) is 17.2. The van der Waals surface area contributed by atoms with Crippen molar-refractivity contribution in [2.45, 2.75) is 39.0 Å². The molecule has 0 aliphatic carbocycles. The number of aryl methyl sites for hydroxylation is 1. The number of para-hydroxylation sites is 1. The van der Waals surface area contributed by atoms with Gasteiger partial charge in [-0.25, -0.2) is 4.98 Å². The van der Waals surface area contributed by atoms with Crippen molar-refractivity contribution in [1.29, 1.82) is 0 Å². The predicted molar refractivity (Wildman–Crippen MR) is 93.3 cm³/mol. The van der Waals surface area contributed by atoms with Gasteiger partial charge in [0, 0.05) is 49.0 Å². The monoisotopic (exact) mass is 339 g/mol. The Kier molecular flexibility index (Phi) is 4.28. The summed E-state index contributed by atoms with van der Waals surface area (Å²) in [7, 11) is 0. The molecule has 6 nitrogen and oxygen atoms in total. The second-order valence-electron chi connectivity index (χ2n) is 6.25. The van der Waals surface area contributed by atoms with E-state index in [1.54, 1.807) is 6.20 Å². The Bertz CT molecular complexity index is 896. The van der Waals surface area contributed by atoms with E-state index in [-0.39, 0.29) is 11.9 Å². The van der Waals surface area contributed by atoms with Crippen molar-refractivity contribution in [3.63, 3.8) is 0 Å². The zero-order valence-corrected chi connectivity index (χ0v) is 14.2. The maximum atomic E-state index is 12.8. The zero-order valence-electron chi connectivity index (χ0n) is 14.2. The van der Waals surface area contributed by atoms with E-state index in [0.29, 0.717) is 24.6 Å². The summed E-state index contributed by atoms with van der Waals surface area (Å²) in [6.45, 7) is 3.63. The largest absolute Gasteiger partial charge is 0.451 e. The average molecular weight is 339 g/mol. The highest BCUT2D eigenvalue weighted by Crippen LogP contribution is 2.27. The van der Waals surface area contributed by atoms with Crippen LogP contribution in [-0.4, -0.2) is 28.1 Å². The van der Waals surface area contributed by atoms with Crippen molar-refractivity contribution >= 4 is 16.9 Å². The number of fused-ring (bicyclic) bond motifs is 2. The first-order valence-electron chi connectivity index (χ1n) is 8.65. The molecule has 3 heterocycles. The number of furan rings is 1. The third kappa shape index (κ3) is 3.05. The van der Waals surface area contributed by atoms with E-state index < -0.39 is 0 Å². The number of nitrogens with one attached hydrogen (secondary N) is 1. The van der Waals surface area contributed by atoms with E-state index in [1.807, 2.05) is 37.4 Å². The van der Waals surface area contributed by atoms with Gasteiger partial charge in [0.1, 0.15) is 11.4 Å². The number of carbonyl (C=O) groups excluding carboxylic acids is 1. The average Bonchev–Trinajstić information content (AvgIpc) is 3.23. The Morgan fingerprint density at radius 3 is 3.20 bits per heavy atom. The minimum atomic E-state index is -0.181. The van der Waals surface area contributed by atoms with E-state index in [0.717, 1.165) is 36.2 Å². The number of rotatable bonds is 5. The van der Waals surface area contributed by atoms with Crippen LogP contribution in [0.25, 0.3) is 11.0 Å². The van der Waals surface area contributed by atoms with Crippen molar-refractivity contribution < 1.29 is 13.9 Å². The predicted octanol–water partition coefficient (Wildman–Crippen LogP) is 2.91. The Hall–Kier alpha value is -2.60. The van der Waals surface area contributed by atoms with Crippen LogP contribution in [0.15, 0.2) is 41.1 Å². The maximum absolute atomic E-state index is 12.8. The van der Waals surface area contributed by atoms with Gasteiger partial charge in [0.2, 0.25) is 0 Å². The van der Waals surface area contributed by atoms with E-state index in [1.165, 1.54) is 0 Å². The molecule has 3 aromatic rings. The Morgan fingerprint density at radius 2 is 2.32 bits per heavy atom. The van der Waals surface area contributed by atoms with Crippen molar-refractivity contribution in [2.24, 2.45) is 0 Å². The van der Waals surface area contributed by atoms with Crippen molar-refractivity contribution in [3.8, 4) is 0 Å². The van der Waals surface area contributed by atoms with Gasteiger partial charge in [-0.1, -0.05) is 18.2 Å².